The van der Waals surface area contributed by atoms with Gasteiger partial charge in [0.15, 0.2) is 6.29 Å². The molecule has 0 bridgehead atoms. The van der Waals surface area contributed by atoms with Crippen LogP contribution >= 0.6 is 0 Å². The number of aryl methyl sites for hydroxylation is 1. The second-order valence-corrected chi connectivity index (χ2v) is 9.61. The molecule has 0 amide bonds. The molecule has 0 spiro atoms. The van der Waals surface area contributed by atoms with Gasteiger partial charge in [0.25, 0.3) is 0 Å². The van der Waals surface area contributed by atoms with Crippen LogP contribution in [0.25, 0.3) is 0 Å². The molecule has 1 saturated carbocycles. The Balaban J connectivity index is 1.33. The number of unbranched alkanes of at least 4 members (excludes halogenated alkanes) is 3. The highest BCUT2D eigenvalue weighted by molar-refractivity contribution is 5.98. The van der Waals surface area contributed by atoms with Crippen molar-refractivity contribution in [3.8, 4) is 11.5 Å². The number of aldehydes is 1. The molecule has 8 heteroatoms. The number of hydrogen-bond acceptors (Lipinski definition) is 8. The first-order chi connectivity index (χ1) is 18.9. The van der Waals surface area contributed by atoms with Gasteiger partial charge in [-0.2, -0.15) is 0 Å². The quantitative estimate of drug-likeness (QED) is 0.0981. The van der Waals surface area contributed by atoms with E-state index in [9.17, 15) is 19.2 Å². The number of benzene rings is 2. The fourth-order valence-electron chi connectivity index (χ4n) is 4.38. The lowest BCUT2D eigenvalue weighted by molar-refractivity contribution is -0.140. The molecule has 3 rings (SSSR count). The van der Waals surface area contributed by atoms with Crippen molar-refractivity contribution in [3.63, 3.8) is 0 Å². The van der Waals surface area contributed by atoms with Gasteiger partial charge in [0.1, 0.15) is 17.6 Å². The zero-order valence-electron chi connectivity index (χ0n) is 22.4. The minimum Gasteiger partial charge on any atom is -0.494 e. The summed E-state index contributed by atoms with van der Waals surface area (Å²) in [5, 5.41) is 0. The van der Waals surface area contributed by atoms with Crippen LogP contribution in [-0.2, 0) is 19.1 Å². The first-order valence-electron chi connectivity index (χ1n) is 13.4. The molecule has 0 saturated heterocycles. The summed E-state index contributed by atoms with van der Waals surface area (Å²) in [7, 11) is 0. The van der Waals surface area contributed by atoms with Gasteiger partial charge in [-0.15, -0.1) is 0 Å². The van der Waals surface area contributed by atoms with Crippen LogP contribution in [0.3, 0.4) is 0 Å². The molecule has 0 aromatic heterocycles. The van der Waals surface area contributed by atoms with Gasteiger partial charge in [-0.1, -0.05) is 18.2 Å². The van der Waals surface area contributed by atoms with Crippen LogP contribution in [0, 0.1) is 12.8 Å². The van der Waals surface area contributed by atoms with Crippen LogP contribution in [0.15, 0.2) is 55.1 Å². The first kappa shape index (κ1) is 29.6. The third-order valence-electron chi connectivity index (χ3n) is 6.60. The minimum atomic E-state index is -0.517. The average molecular weight is 537 g/mol. The van der Waals surface area contributed by atoms with Crippen molar-refractivity contribution < 1.29 is 38.1 Å². The number of hydrogen-bond donors (Lipinski definition) is 0. The Hall–Kier alpha value is -3.94. The van der Waals surface area contributed by atoms with Crippen molar-refractivity contribution in [1.29, 1.82) is 0 Å². The summed E-state index contributed by atoms with van der Waals surface area (Å²) in [5.41, 5.74) is 1.46. The molecule has 208 valence electrons. The highest BCUT2D eigenvalue weighted by Crippen LogP contribution is 2.29. The van der Waals surface area contributed by atoms with Crippen LogP contribution < -0.4 is 9.47 Å². The summed E-state index contributed by atoms with van der Waals surface area (Å²) >= 11 is 0. The largest absolute Gasteiger partial charge is 0.494 e. The lowest BCUT2D eigenvalue weighted by Gasteiger charge is -2.27. The summed E-state index contributed by atoms with van der Waals surface area (Å²) in [6.07, 6.45) is 7.35. The molecule has 2 aromatic carbocycles. The van der Waals surface area contributed by atoms with Crippen LogP contribution in [0.2, 0.25) is 0 Å². The van der Waals surface area contributed by atoms with Gasteiger partial charge in [0.05, 0.1) is 24.7 Å². The predicted molar refractivity (Wildman–Crippen MR) is 145 cm³/mol. The van der Waals surface area contributed by atoms with Crippen molar-refractivity contribution in [2.75, 3.05) is 13.2 Å². The molecule has 1 aliphatic rings. The van der Waals surface area contributed by atoms with E-state index in [-0.39, 0.29) is 23.6 Å². The van der Waals surface area contributed by atoms with E-state index in [0.29, 0.717) is 62.2 Å². The maximum atomic E-state index is 12.7. The van der Waals surface area contributed by atoms with Gasteiger partial charge in [-0.3, -0.25) is 9.59 Å². The molecular weight excluding hydrogens is 500 g/mol. The van der Waals surface area contributed by atoms with E-state index in [0.717, 1.165) is 37.3 Å². The van der Waals surface area contributed by atoms with E-state index < -0.39 is 11.9 Å². The number of carbonyl (C=O) groups excluding carboxylic acids is 4. The molecule has 0 atom stereocenters. The van der Waals surface area contributed by atoms with E-state index in [1.165, 1.54) is 0 Å². The molecule has 1 aliphatic carbocycles. The van der Waals surface area contributed by atoms with E-state index in [2.05, 4.69) is 6.58 Å². The van der Waals surface area contributed by atoms with Gasteiger partial charge < -0.3 is 18.9 Å². The predicted octanol–water partition coefficient (Wildman–Crippen LogP) is 5.80. The van der Waals surface area contributed by atoms with Gasteiger partial charge in [0.2, 0.25) is 0 Å². The smallest absolute Gasteiger partial charge is 0.339 e. The molecule has 0 unspecified atom stereocenters. The summed E-state index contributed by atoms with van der Waals surface area (Å²) in [5.74, 6) is -0.321. The molecule has 0 heterocycles. The lowest BCUT2D eigenvalue weighted by Crippen LogP contribution is -2.30. The van der Waals surface area contributed by atoms with Gasteiger partial charge in [-0.05, 0) is 94.7 Å². The number of esters is 3. The van der Waals surface area contributed by atoms with Gasteiger partial charge in [0, 0.05) is 11.6 Å². The number of rotatable bonds is 14. The second kappa shape index (κ2) is 15.5. The topological polar surface area (TPSA) is 105 Å². The third-order valence-corrected chi connectivity index (χ3v) is 6.60. The molecular formula is C31H36O8. The summed E-state index contributed by atoms with van der Waals surface area (Å²) in [6.45, 7) is 6.18. The number of carbonyl (C=O) groups is 4. The molecule has 1 fully saturated rings. The number of ether oxygens (including phenoxy) is 4. The summed E-state index contributed by atoms with van der Waals surface area (Å²) < 4.78 is 21.8. The Morgan fingerprint density at radius 2 is 1.56 bits per heavy atom. The van der Waals surface area contributed by atoms with Crippen molar-refractivity contribution >= 4 is 24.2 Å². The Kier molecular flexibility index (Phi) is 11.7. The normalized spacial score (nSPS) is 16.5. The molecule has 0 N–H and O–H groups in total. The highest BCUT2D eigenvalue weighted by Gasteiger charge is 2.30. The van der Waals surface area contributed by atoms with Crippen LogP contribution in [0.5, 0.6) is 11.5 Å². The fourth-order valence-corrected chi connectivity index (χ4v) is 4.38. The Bertz CT molecular complexity index is 1130. The van der Waals surface area contributed by atoms with Gasteiger partial charge in [-0.25, -0.2) is 9.59 Å². The molecule has 2 aromatic rings. The first-order valence-corrected chi connectivity index (χ1v) is 13.4. The Morgan fingerprint density at radius 3 is 2.23 bits per heavy atom. The Labute approximate surface area is 229 Å². The van der Waals surface area contributed by atoms with Crippen molar-refractivity contribution in [1.82, 2.24) is 0 Å². The zero-order valence-corrected chi connectivity index (χ0v) is 22.4. The molecule has 8 nitrogen and oxygen atoms in total. The minimum absolute atomic E-state index is 0.258. The highest BCUT2D eigenvalue weighted by atomic mass is 16.5. The monoisotopic (exact) mass is 536 g/mol. The zero-order chi connectivity index (χ0) is 28.0. The van der Waals surface area contributed by atoms with Crippen molar-refractivity contribution in [2.24, 2.45) is 5.92 Å². The second-order valence-electron chi connectivity index (χ2n) is 9.61. The lowest BCUT2D eigenvalue weighted by atomic mass is 9.87. The maximum Gasteiger partial charge on any atom is 0.339 e. The summed E-state index contributed by atoms with van der Waals surface area (Å²) in [6, 6.07) is 12.0. The summed E-state index contributed by atoms with van der Waals surface area (Å²) in [4.78, 5) is 47.5. The van der Waals surface area contributed by atoms with E-state index in [1.54, 1.807) is 42.5 Å². The van der Waals surface area contributed by atoms with Crippen molar-refractivity contribution in [3.05, 3.63) is 71.8 Å². The van der Waals surface area contributed by atoms with Crippen LogP contribution in [0.1, 0.15) is 77.6 Å². The average Bonchev–Trinajstić information content (AvgIpc) is 2.95. The Morgan fingerprint density at radius 1 is 0.897 bits per heavy atom. The standard InChI is InChI=1S/C31H36O8/c1-3-29(33)37-19-7-5-4-6-18-36-25-13-15-27(16-14-25)38-30(34)23-9-11-26(12-10-23)39-31(35)28-17-8-22(2)20-24(28)21-32/h3,8,13-17,20-21,23,26H,1,4-7,9-12,18-19H2,2H3/t23-,26-. The fraction of sp³-hybridized carbons (Fsp3) is 0.419. The molecule has 0 aliphatic heterocycles. The van der Waals surface area contributed by atoms with Crippen molar-refractivity contribution in [2.45, 2.75) is 64.4 Å². The molecule has 0 radical (unpaired) electrons. The SMILES string of the molecule is C=CC(=O)OCCCCCCOc1ccc(OC(=O)[C@H]2CC[C@H](OC(=O)c3ccc(C)cc3C=O)CC2)cc1. The van der Waals surface area contributed by atoms with E-state index >= 15 is 0 Å². The van der Waals surface area contributed by atoms with Crippen LogP contribution in [-0.4, -0.2) is 43.5 Å². The molecule has 39 heavy (non-hydrogen) atoms. The maximum absolute atomic E-state index is 12.7. The van der Waals surface area contributed by atoms with E-state index in [1.807, 2.05) is 6.92 Å². The van der Waals surface area contributed by atoms with E-state index in [4.69, 9.17) is 18.9 Å². The van der Waals surface area contributed by atoms with Crippen LogP contribution in [0.4, 0.5) is 0 Å². The third kappa shape index (κ3) is 9.71. The van der Waals surface area contributed by atoms with Gasteiger partial charge >= 0.3 is 17.9 Å².